The van der Waals surface area contributed by atoms with Crippen LogP contribution in [0.25, 0.3) is 0 Å². The Morgan fingerprint density at radius 1 is 1.40 bits per heavy atom. The summed E-state index contributed by atoms with van der Waals surface area (Å²) in [4.78, 5) is 9.58. The van der Waals surface area contributed by atoms with E-state index in [0.29, 0.717) is 0 Å². The quantitative estimate of drug-likeness (QED) is 0.335. The van der Waals surface area contributed by atoms with Crippen LogP contribution in [0.3, 0.4) is 0 Å². The Morgan fingerprint density at radius 3 is 1.90 bits per heavy atom. The van der Waals surface area contributed by atoms with Gasteiger partial charge in [-0.3, -0.25) is 0 Å². The molecule has 0 rings (SSSR count). The zero-order chi connectivity index (χ0) is 8.57. The molecule has 0 aromatic rings. The lowest BCUT2D eigenvalue weighted by molar-refractivity contribution is -0.121. The van der Waals surface area contributed by atoms with E-state index in [1.165, 1.54) is 0 Å². The van der Waals surface area contributed by atoms with Crippen molar-refractivity contribution >= 4 is 6.29 Å². The van der Waals surface area contributed by atoms with Crippen LogP contribution in [-0.2, 0) is 4.79 Å². The van der Waals surface area contributed by atoms with Gasteiger partial charge < -0.3 is 25.2 Å². The second-order valence-corrected chi connectivity index (χ2v) is 1.38. The van der Waals surface area contributed by atoms with Crippen molar-refractivity contribution in [1.82, 2.24) is 0 Å². The molecule has 0 spiro atoms. The molecular formula is C5H12O5. The lowest BCUT2D eigenvalue weighted by Gasteiger charge is -2.06. The van der Waals surface area contributed by atoms with Crippen LogP contribution in [0.5, 0.6) is 0 Å². The third-order valence-electron chi connectivity index (χ3n) is 0.721. The molecule has 0 saturated carbocycles. The van der Waals surface area contributed by atoms with Crippen LogP contribution in [0.2, 0.25) is 0 Å². The van der Waals surface area contributed by atoms with Gasteiger partial charge in [0.2, 0.25) is 0 Å². The number of aldehydes is 1. The number of carbonyl (C=O) groups excluding carboxylic acids is 1. The molecule has 0 radical (unpaired) electrons. The van der Waals surface area contributed by atoms with E-state index in [1.54, 1.807) is 0 Å². The third-order valence-corrected chi connectivity index (χ3v) is 0.721. The van der Waals surface area contributed by atoms with Gasteiger partial charge in [0.05, 0.1) is 6.61 Å². The summed E-state index contributed by atoms with van der Waals surface area (Å²) in [7, 11) is 1.00. The van der Waals surface area contributed by atoms with Crippen LogP contribution < -0.4 is 0 Å². The molecule has 0 heterocycles. The maximum atomic E-state index is 9.58. The molecule has 0 aromatic heterocycles. The largest absolute Gasteiger partial charge is 0.400 e. The molecule has 2 atom stereocenters. The molecule has 5 heteroatoms. The van der Waals surface area contributed by atoms with Crippen LogP contribution >= 0.6 is 0 Å². The Hall–Kier alpha value is -0.490. The highest BCUT2D eigenvalue weighted by Gasteiger charge is 2.12. The second kappa shape index (κ2) is 8.51. The fraction of sp³-hybridized carbons (Fsp3) is 0.800. The zero-order valence-corrected chi connectivity index (χ0v) is 5.64. The maximum Gasteiger partial charge on any atom is 0.151 e. The average Bonchev–Trinajstić information content (AvgIpc) is 2.05. The smallest absolute Gasteiger partial charge is 0.151 e. The van der Waals surface area contributed by atoms with Crippen molar-refractivity contribution in [3.63, 3.8) is 0 Å². The Bertz CT molecular complexity index is 74.4. The molecule has 0 saturated heterocycles. The van der Waals surface area contributed by atoms with Crippen LogP contribution in [0.4, 0.5) is 0 Å². The highest BCUT2D eigenvalue weighted by Crippen LogP contribution is 1.85. The SMILES string of the molecule is CO.O=CC(O)C(O)CO. The van der Waals surface area contributed by atoms with Crippen molar-refractivity contribution in [3.05, 3.63) is 0 Å². The van der Waals surface area contributed by atoms with Gasteiger partial charge in [-0.1, -0.05) is 0 Å². The monoisotopic (exact) mass is 152 g/mol. The van der Waals surface area contributed by atoms with Gasteiger partial charge in [-0.15, -0.1) is 0 Å². The van der Waals surface area contributed by atoms with Gasteiger partial charge in [0.25, 0.3) is 0 Å². The molecule has 62 valence electrons. The molecule has 0 amide bonds. The normalized spacial score (nSPS) is 14.5. The topological polar surface area (TPSA) is 98.0 Å². The van der Waals surface area contributed by atoms with Gasteiger partial charge in [0, 0.05) is 7.11 Å². The van der Waals surface area contributed by atoms with Gasteiger partial charge in [-0.05, 0) is 0 Å². The first kappa shape index (κ1) is 12.2. The molecule has 0 aliphatic heterocycles. The van der Waals surface area contributed by atoms with Gasteiger partial charge in [0.15, 0.2) is 6.29 Å². The van der Waals surface area contributed by atoms with Gasteiger partial charge >= 0.3 is 0 Å². The minimum Gasteiger partial charge on any atom is -0.400 e. The predicted molar refractivity (Wildman–Crippen MR) is 33.3 cm³/mol. The van der Waals surface area contributed by atoms with Crippen molar-refractivity contribution in [2.45, 2.75) is 12.2 Å². The number of hydrogen-bond donors (Lipinski definition) is 4. The summed E-state index contributed by atoms with van der Waals surface area (Å²) in [5.41, 5.74) is 0. The van der Waals surface area contributed by atoms with Crippen LogP contribution in [-0.4, -0.2) is 52.6 Å². The van der Waals surface area contributed by atoms with Crippen LogP contribution in [0.15, 0.2) is 0 Å². The van der Waals surface area contributed by atoms with E-state index >= 15 is 0 Å². The van der Waals surface area contributed by atoms with Crippen molar-refractivity contribution in [1.29, 1.82) is 0 Å². The first-order chi connectivity index (χ1) is 4.72. The Morgan fingerprint density at radius 2 is 1.80 bits per heavy atom. The van der Waals surface area contributed by atoms with Gasteiger partial charge in [0.1, 0.15) is 12.2 Å². The Labute approximate surface area is 58.5 Å². The molecule has 0 aliphatic rings. The Kier molecular flexibility index (Phi) is 10.4. The number of hydrogen-bond acceptors (Lipinski definition) is 5. The fourth-order valence-electron chi connectivity index (χ4n) is 0.199. The molecule has 0 fully saturated rings. The summed E-state index contributed by atoms with van der Waals surface area (Å²) in [6.07, 6.45) is -2.63. The first-order valence-corrected chi connectivity index (χ1v) is 2.59. The van der Waals surface area contributed by atoms with E-state index in [2.05, 4.69) is 0 Å². The fourth-order valence-corrected chi connectivity index (χ4v) is 0.199. The predicted octanol–water partition coefficient (Wildman–Crippen LogP) is -2.49. The average molecular weight is 152 g/mol. The lowest BCUT2D eigenvalue weighted by atomic mass is 10.2. The summed E-state index contributed by atoms with van der Waals surface area (Å²) < 4.78 is 0. The zero-order valence-electron chi connectivity index (χ0n) is 5.64. The molecule has 10 heavy (non-hydrogen) atoms. The standard InChI is InChI=1S/C4H8O4.CH4O/c5-1-3(7)4(8)2-6;1-2/h1,3-4,6-8H,2H2;2H,1H3. The molecule has 5 nitrogen and oxygen atoms in total. The summed E-state index contributed by atoms with van der Waals surface area (Å²) >= 11 is 0. The van der Waals surface area contributed by atoms with E-state index in [4.69, 9.17) is 20.4 Å². The summed E-state index contributed by atoms with van der Waals surface area (Å²) in [6, 6.07) is 0. The summed E-state index contributed by atoms with van der Waals surface area (Å²) in [5, 5.41) is 31.8. The molecule has 0 aromatic carbocycles. The van der Waals surface area contributed by atoms with E-state index in [-0.39, 0.29) is 6.29 Å². The van der Waals surface area contributed by atoms with Crippen LogP contribution in [0, 0.1) is 0 Å². The summed E-state index contributed by atoms with van der Waals surface area (Å²) in [5.74, 6) is 0. The lowest BCUT2D eigenvalue weighted by Crippen LogP contribution is -2.30. The van der Waals surface area contributed by atoms with Gasteiger partial charge in [-0.25, -0.2) is 0 Å². The van der Waals surface area contributed by atoms with E-state index in [0.717, 1.165) is 7.11 Å². The second-order valence-electron chi connectivity index (χ2n) is 1.38. The van der Waals surface area contributed by atoms with Crippen molar-refractivity contribution in [2.24, 2.45) is 0 Å². The maximum absolute atomic E-state index is 9.58. The van der Waals surface area contributed by atoms with Gasteiger partial charge in [-0.2, -0.15) is 0 Å². The van der Waals surface area contributed by atoms with Crippen LogP contribution in [0.1, 0.15) is 0 Å². The Balaban J connectivity index is 0. The molecule has 0 aliphatic carbocycles. The molecule has 2 unspecified atom stereocenters. The van der Waals surface area contributed by atoms with E-state index in [1.807, 2.05) is 0 Å². The molecule has 0 bridgehead atoms. The summed E-state index contributed by atoms with van der Waals surface area (Å²) in [6.45, 7) is -0.597. The minimum atomic E-state index is -1.46. The third kappa shape index (κ3) is 5.64. The number of carbonyl (C=O) groups is 1. The molecule has 4 N–H and O–H groups in total. The van der Waals surface area contributed by atoms with Crippen molar-refractivity contribution in [2.75, 3.05) is 13.7 Å². The highest BCUT2D eigenvalue weighted by atomic mass is 16.4. The first-order valence-electron chi connectivity index (χ1n) is 2.59. The highest BCUT2D eigenvalue weighted by molar-refractivity contribution is 5.56. The minimum absolute atomic E-state index is 0.168. The van der Waals surface area contributed by atoms with E-state index < -0.39 is 18.8 Å². The number of rotatable bonds is 3. The number of aliphatic hydroxyl groups excluding tert-OH is 4. The van der Waals surface area contributed by atoms with Crippen molar-refractivity contribution in [3.8, 4) is 0 Å². The van der Waals surface area contributed by atoms with E-state index in [9.17, 15) is 4.79 Å². The molecular weight excluding hydrogens is 140 g/mol. The number of aliphatic hydroxyl groups is 4. The van der Waals surface area contributed by atoms with Crippen molar-refractivity contribution < 1.29 is 25.2 Å².